The summed E-state index contributed by atoms with van der Waals surface area (Å²) in [6, 6.07) is -1.03. The molecule has 1 unspecified atom stereocenters. The molecule has 0 aliphatic carbocycles. The fourth-order valence-corrected chi connectivity index (χ4v) is 2.20. The Morgan fingerprint density at radius 3 is 2.76 bits per heavy atom. The van der Waals surface area contributed by atoms with Gasteiger partial charge < -0.3 is 16.2 Å². The zero-order chi connectivity index (χ0) is 12.8. The number of hydrogen-bond acceptors (Lipinski definition) is 5. The number of nitrogens with two attached hydrogens (primary N) is 1. The summed E-state index contributed by atoms with van der Waals surface area (Å²) in [5.41, 5.74) is 5.89. The first-order chi connectivity index (χ1) is 8.08. The molecular weight excluding hydrogens is 238 g/mol. The molecule has 1 aromatic heterocycles. The van der Waals surface area contributed by atoms with E-state index in [0.29, 0.717) is 11.6 Å². The Morgan fingerprint density at radius 2 is 2.24 bits per heavy atom. The number of carbonyl (C=O) groups is 1. The number of aliphatic carboxylic acids is 1. The number of rotatable bonds is 7. The summed E-state index contributed by atoms with van der Waals surface area (Å²) in [7, 11) is 0. The number of carboxylic acids is 1. The first-order valence-corrected chi connectivity index (χ1v) is 6.64. The average Bonchev–Trinajstić information content (AvgIpc) is 2.78. The summed E-state index contributed by atoms with van der Waals surface area (Å²) in [6.07, 6.45) is 2.24. The zero-order valence-electron chi connectivity index (χ0n) is 10.1. The first-order valence-electron chi connectivity index (χ1n) is 5.76. The molecule has 0 saturated heterocycles. The topological polar surface area (TPSA) is 88.2 Å². The van der Waals surface area contributed by atoms with Crippen LogP contribution in [0.15, 0.2) is 5.38 Å². The first kappa shape index (κ1) is 13.9. The van der Waals surface area contributed by atoms with Crippen molar-refractivity contribution >= 4 is 22.4 Å². The van der Waals surface area contributed by atoms with E-state index < -0.39 is 12.0 Å². The summed E-state index contributed by atoms with van der Waals surface area (Å²) in [5.74, 6) is -0.433. The van der Waals surface area contributed by atoms with Crippen LogP contribution in [0.2, 0.25) is 0 Å². The van der Waals surface area contributed by atoms with Gasteiger partial charge in [-0.25, -0.2) is 4.98 Å². The highest BCUT2D eigenvalue weighted by Crippen LogP contribution is 2.20. The Labute approximate surface area is 105 Å². The predicted molar refractivity (Wildman–Crippen MR) is 69.2 cm³/mol. The molecule has 1 aromatic rings. The van der Waals surface area contributed by atoms with E-state index in [1.165, 1.54) is 11.3 Å². The van der Waals surface area contributed by atoms with Crippen molar-refractivity contribution in [3.05, 3.63) is 11.1 Å². The van der Waals surface area contributed by atoms with Gasteiger partial charge in [0.05, 0.1) is 5.69 Å². The molecule has 1 atom stereocenters. The maximum Gasteiger partial charge on any atom is 0.326 e. The van der Waals surface area contributed by atoms with Crippen LogP contribution in [-0.4, -0.2) is 22.6 Å². The van der Waals surface area contributed by atoms with Crippen molar-refractivity contribution < 1.29 is 9.90 Å². The van der Waals surface area contributed by atoms with Crippen LogP contribution in [0.4, 0.5) is 5.13 Å². The van der Waals surface area contributed by atoms with Crippen LogP contribution in [0.1, 0.15) is 38.4 Å². The highest BCUT2D eigenvalue weighted by molar-refractivity contribution is 7.13. The predicted octanol–water partition coefficient (Wildman–Crippen LogP) is 2.08. The molecule has 0 amide bonds. The Bertz CT molecular complexity index is 363. The van der Waals surface area contributed by atoms with Gasteiger partial charge in [0.25, 0.3) is 0 Å². The monoisotopic (exact) mass is 257 g/mol. The lowest BCUT2D eigenvalue weighted by molar-refractivity contribution is -0.138. The minimum Gasteiger partial charge on any atom is -0.480 e. The van der Waals surface area contributed by atoms with Crippen molar-refractivity contribution in [2.24, 2.45) is 11.7 Å². The van der Waals surface area contributed by atoms with Crippen LogP contribution in [-0.2, 0) is 4.79 Å². The molecule has 0 fully saturated rings. The van der Waals surface area contributed by atoms with Gasteiger partial charge in [-0.15, -0.1) is 11.3 Å². The molecule has 17 heavy (non-hydrogen) atoms. The highest BCUT2D eigenvalue weighted by Gasteiger charge is 2.17. The maximum absolute atomic E-state index is 10.7. The van der Waals surface area contributed by atoms with Crippen LogP contribution in [0.5, 0.6) is 0 Å². The van der Waals surface area contributed by atoms with Gasteiger partial charge in [0.2, 0.25) is 0 Å². The molecule has 0 aliphatic rings. The van der Waals surface area contributed by atoms with E-state index in [0.717, 1.165) is 24.5 Å². The molecule has 1 heterocycles. The lowest BCUT2D eigenvalue weighted by atomic mass is 10.0. The number of thiazole rings is 1. The second-order valence-electron chi connectivity index (χ2n) is 3.96. The minimum absolute atomic E-state index is 0.412. The number of anilines is 1. The minimum atomic E-state index is -1.05. The third kappa shape index (κ3) is 3.98. The van der Waals surface area contributed by atoms with Crippen LogP contribution >= 0.6 is 11.3 Å². The molecule has 0 bridgehead atoms. The van der Waals surface area contributed by atoms with Gasteiger partial charge in [-0.05, 0) is 5.92 Å². The lowest BCUT2D eigenvalue weighted by Gasteiger charge is -2.12. The summed E-state index contributed by atoms with van der Waals surface area (Å²) >= 11 is 1.39. The molecule has 1 rings (SSSR count). The number of aromatic nitrogens is 1. The van der Waals surface area contributed by atoms with Gasteiger partial charge in [-0.2, -0.15) is 0 Å². The fourth-order valence-electron chi connectivity index (χ4n) is 1.45. The summed E-state index contributed by atoms with van der Waals surface area (Å²) in [5, 5.41) is 14.4. The van der Waals surface area contributed by atoms with Crippen LogP contribution in [0.25, 0.3) is 0 Å². The van der Waals surface area contributed by atoms with Gasteiger partial charge >= 0.3 is 5.97 Å². The molecule has 0 aliphatic heterocycles. The lowest BCUT2D eigenvalue weighted by Crippen LogP contribution is -2.21. The Kier molecular flexibility index (Phi) is 5.37. The molecule has 0 aromatic carbocycles. The van der Waals surface area contributed by atoms with Crippen molar-refractivity contribution in [1.29, 1.82) is 0 Å². The zero-order valence-corrected chi connectivity index (χ0v) is 11.0. The summed E-state index contributed by atoms with van der Waals surface area (Å²) in [4.78, 5) is 14.9. The van der Waals surface area contributed by atoms with E-state index in [9.17, 15) is 4.79 Å². The Hall–Kier alpha value is -1.14. The smallest absolute Gasteiger partial charge is 0.326 e. The van der Waals surface area contributed by atoms with E-state index in [1.807, 2.05) is 0 Å². The molecule has 0 radical (unpaired) electrons. The average molecular weight is 257 g/mol. The molecule has 0 spiro atoms. The number of hydrogen-bond donors (Lipinski definition) is 3. The molecule has 5 nitrogen and oxygen atoms in total. The second kappa shape index (κ2) is 6.56. The molecular formula is C11H19N3O2S. The third-order valence-electron chi connectivity index (χ3n) is 2.80. The van der Waals surface area contributed by atoms with Crippen molar-refractivity contribution in [1.82, 2.24) is 4.98 Å². The van der Waals surface area contributed by atoms with E-state index in [4.69, 9.17) is 10.8 Å². The number of carboxylic acid groups (broad SMARTS) is 1. The maximum atomic E-state index is 10.7. The largest absolute Gasteiger partial charge is 0.480 e. The van der Waals surface area contributed by atoms with Crippen molar-refractivity contribution in [3.8, 4) is 0 Å². The highest BCUT2D eigenvalue weighted by atomic mass is 32.1. The summed E-state index contributed by atoms with van der Waals surface area (Å²) < 4.78 is 0. The van der Waals surface area contributed by atoms with Crippen LogP contribution < -0.4 is 11.1 Å². The van der Waals surface area contributed by atoms with Gasteiger partial charge in [0, 0.05) is 11.9 Å². The van der Waals surface area contributed by atoms with Crippen LogP contribution in [0, 0.1) is 5.92 Å². The SMILES string of the molecule is CCC(CC)CNc1nc(C(N)C(=O)O)cs1. The van der Waals surface area contributed by atoms with Gasteiger partial charge in [-0.3, -0.25) is 4.79 Å². The standard InChI is InChI=1S/C11H19N3O2S/c1-3-7(4-2)5-13-11-14-8(6-17-11)9(12)10(15)16/h6-7,9H,3-5,12H2,1-2H3,(H,13,14)(H,15,16). The second-order valence-corrected chi connectivity index (χ2v) is 4.81. The quantitative estimate of drug-likeness (QED) is 0.696. The van der Waals surface area contributed by atoms with E-state index >= 15 is 0 Å². The summed E-state index contributed by atoms with van der Waals surface area (Å²) in [6.45, 7) is 5.18. The van der Waals surface area contributed by atoms with E-state index in [2.05, 4.69) is 24.1 Å². The number of nitrogens with one attached hydrogen (secondary N) is 1. The van der Waals surface area contributed by atoms with E-state index in [1.54, 1.807) is 5.38 Å². The molecule has 0 saturated carbocycles. The normalized spacial score (nSPS) is 12.7. The van der Waals surface area contributed by atoms with Crippen molar-refractivity contribution in [3.63, 3.8) is 0 Å². The van der Waals surface area contributed by atoms with Gasteiger partial charge in [0.15, 0.2) is 5.13 Å². The third-order valence-corrected chi connectivity index (χ3v) is 3.62. The van der Waals surface area contributed by atoms with Gasteiger partial charge in [0.1, 0.15) is 6.04 Å². The van der Waals surface area contributed by atoms with E-state index in [-0.39, 0.29) is 0 Å². The Balaban J connectivity index is 2.54. The molecule has 96 valence electrons. The van der Waals surface area contributed by atoms with Crippen LogP contribution in [0.3, 0.4) is 0 Å². The van der Waals surface area contributed by atoms with Crippen molar-refractivity contribution in [2.75, 3.05) is 11.9 Å². The molecule has 4 N–H and O–H groups in total. The fraction of sp³-hybridized carbons (Fsp3) is 0.636. The van der Waals surface area contributed by atoms with Gasteiger partial charge in [-0.1, -0.05) is 26.7 Å². The Morgan fingerprint density at radius 1 is 1.59 bits per heavy atom. The molecule has 6 heteroatoms. The van der Waals surface area contributed by atoms with Crippen molar-refractivity contribution in [2.45, 2.75) is 32.7 Å². The number of nitrogens with zero attached hydrogens (tertiary/aromatic N) is 1.